The van der Waals surface area contributed by atoms with E-state index in [1.807, 2.05) is 0 Å². The quantitative estimate of drug-likeness (QED) is 0.698. The predicted molar refractivity (Wildman–Crippen MR) is 116 cm³/mol. The molecule has 166 valence electrons. The molecule has 9 heteroatoms. The smallest absolute Gasteiger partial charge is 0.246 e. The molecule has 1 amide bonds. The van der Waals surface area contributed by atoms with Gasteiger partial charge in [-0.15, -0.1) is 0 Å². The lowest BCUT2D eigenvalue weighted by Crippen LogP contribution is -2.31. The number of ether oxygens (including phenoxy) is 4. The lowest BCUT2D eigenvalue weighted by molar-refractivity contribution is -0.124. The number of carbonyl (C=O) groups is 1. The van der Waals surface area contributed by atoms with E-state index in [2.05, 4.69) is 5.32 Å². The van der Waals surface area contributed by atoms with Gasteiger partial charge in [-0.2, -0.15) is 0 Å². The Labute approximate surface area is 184 Å². The van der Waals surface area contributed by atoms with E-state index >= 15 is 0 Å². The van der Waals surface area contributed by atoms with Crippen molar-refractivity contribution in [2.24, 2.45) is 0 Å². The van der Waals surface area contributed by atoms with Gasteiger partial charge in [-0.3, -0.25) is 9.59 Å². The van der Waals surface area contributed by atoms with Crippen molar-refractivity contribution in [2.75, 3.05) is 35.0 Å². The highest BCUT2D eigenvalue weighted by Crippen LogP contribution is 2.54. The number of rotatable bonds is 6. The molecule has 2 N–H and O–H groups in total. The van der Waals surface area contributed by atoms with Gasteiger partial charge in [-0.1, -0.05) is 17.7 Å². The molecular formula is C22H24ClNO7. The van der Waals surface area contributed by atoms with Crippen LogP contribution in [0.25, 0.3) is 11.1 Å². The molecule has 0 heterocycles. The number of methoxy groups -OCH3 is 4. The number of aliphatic hydroxyl groups excluding tert-OH is 1. The molecule has 1 aliphatic rings. The minimum Gasteiger partial charge on any atom is -0.493 e. The standard InChI is InChI=1S/C22H24ClNO7/c1-28-16-8-6-11-13(9-15(16)26)14(24-17(27)10-25)7-5-12-18(11)20(29-2)22(31-4)21(30-3)19(12)23/h6,8-9,14,25H,5,7,10H2,1-4H3,(H,24,27)/t14-/m0/s1. The summed E-state index contributed by atoms with van der Waals surface area (Å²) in [4.78, 5) is 24.7. The topological polar surface area (TPSA) is 103 Å². The highest BCUT2D eigenvalue weighted by Gasteiger charge is 2.32. The van der Waals surface area contributed by atoms with Crippen molar-refractivity contribution in [2.45, 2.75) is 18.9 Å². The SMILES string of the molecule is COc1c(Cl)c2c(c(OC)c1OC)-c1ccc(OC)c(=O)cc1[C@@H](NC(=O)CO)CC2. The first-order valence-corrected chi connectivity index (χ1v) is 9.92. The van der Waals surface area contributed by atoms with E-state index in [1.54, 1.807) is 12.1 Å². The second-order valence-corrected chi connectivity index (χ2v) is 7.24. The number of benzene rings is 1. The van der Waals surface area contributed by atoms with E-state index in [9.17, 15) is 14.7 Å². The first-order chi connectivity index (χ1) is 14.9. The van der Waals surface area contributed by atoms with E-state index in [0.717, 1.165) is 5.56 Å². The molecule has 2 aromatic carbocycles. The summed E-state index contributed by atoms with van der Waals surface area (Å²) in [6, 6.07) is 4.16. The molecule has 2 aromatic rings. The molecule has 0 radical (unpaired) electrons. The molecule has 0 fully saturated rings. The second-order valence-electron chi connectivity index (χ2n) is 6.86. The van der Waals surface area contributed by atoms with Crippen LogP contribution < -0.4 is 29.7 Å². The molecule has 31 heavy (non-hydrogen) atoms. The zero-order valence-electron chi connectivity index (χ0n) is 17.7. The van der Waals surface area contributed by atoms with Crippen LogP contribution >= 0.6 is 11.6 Å². The van der Waals surface area contributed by atoms with Gasteiger partial charge in [-0.05, 0) is 41.7 Å². The van der Waals surface area contributed by atoms with Gasteiger partial charge in [0.1, 0.15) is 6.61 Å². The number of nitrogens with one attached hydrogen (secondary N) is 1. The van der Waals surface area contributed by atoms with Crippen LogP contribution in [0.5, 0.6) is 23.0 Å². The minimum atomic E-state index is -0.670. The van der Waals surface area contributed by atoms with Crippen LogP contribution in [0.4, 0.5) is 0 Å². The second kappa shape index (κ2) is 9.45. The number of hydrogen-bond donors (Lipinski definition) is 2. The molecule has 0 saturated heterocycles. The Morgan fingerprint density at radius 1 is 1.10 bits per heavy atom. The van der Waals surface area contributed by atoms with Crippen molar-refractivity contribution in [3.05, 3.63) is 44.6 Å². The van der Waals surface area contributed by atoms with Crippen LogP contribution in [0.15, 0.2) is 23.0 Å². The number of amides is 1. The fraction of sp³-hybridized carbons (Fsp3) is 0.364. The molecule has 0 spiro atoms. The Balaban J connectivity index is 2.44. The maximum atomic E-state index is 12.7. The third-order valence-electron chi connectivity index (χ3n) is 5.29. The van der Waals surface area contributed by atoms with Crippen molar-refractivity contribution in [3.8, 4) is 34.1 Å². The average Bonchev–Trinajstić information content (AvgIpc) is 3.02. The van der Waals surface area contributed by atoms with Gasteiger partial charge in [0.2, 0.25) is 17.1 Å². The largest absolute Gasteiger partial charge is 0.493 e. The van der Waals surface area contributed by atoms with Gasteiger partial charge in [0, 0.05) is 5.56 Å². The van der Waals surface area contributed by atoms with Crippen LogP contribution in [-0.4, -0.2) is 46.1 Å². The first kappa shape index (κ1) is 22.7. The van der Waals surface area contributed by atoms with Crippen molar-refractivity contribution in [1.82, 2.24) is 5.32 Å². The summed E-state index contributed by atoms with van der Waals surface area (Å²) >= 11 is 6.71. The van der Waals surface area contributed by atoms with E-state index in [4.69, 9.17) is 30.5 Å². The highest BCUT2D eigenvalue weighted by atomic mass is 35.5. The summed E-state index contributed by atoms with van der Waals surface area (Å²) in [7, 11) is 5.88. The summed E-state index contributed by atoms with van der Waals surface area (Å²) in [5, 5.41) is 12.4. The van der Waals surface area contributed by atoms with Gasteiger partial charge in [-0.25, -0.2) is 0 Å². The minimum absolute atomic E-state index is 0.146. The number of carbonyl (C=O) groups excluding carboxylic acids is 1. The fourth-order valence-electron chi connectivity index (χ4n) is 3.93. The Bertz CT molecular complexity index is 1070. The van der Waals surface area contributed by atoms with E-state index in [1.165, 1.54) is 34.5 Å². The number of hydrogen-bond acceptors (Lipinski definition) is 7. The highest BCUT2D eigenvalue weighted by molar-refractivity contribution is 6.34. The van der Waals surface area contributed by atoms with Gasteiger partial charge < -0.3 is 29.4 Å². The van der Waals surface area contributed by atoms with E-state index in [-0.39, 0.29) is 11.2 Å². The van der Waals surface area contributed by atoms with Crippen molar-refractivity contribution in [3.63, 3.8) is 0 Å². The lowest BCUT2D eigenvalue weighted by atomic mass is 9.95. The van der Waals surface area contributed by atoms with Crippen LogP contribution in [0.1, 0.15) is 23.6 Å². The molecule has 1 aliphatic carbocycles. The van der Waals surface area contributed by atoms with Crippen LogP contribution in [0.2, 0.25) is 5.02 Å². The zero-order valence-corrected chi connectivity index (χ0v) is 18.5. The summed E-state index contributed by atoms with van der Waals surface area (Å²) in [5.41, 5.74) is 2.20. The predicted octanol–water partition coefficient (Wildman–Crippen LogP) is 2.50. The number of fused-ring (bicyclic) bond motifs is 3. The maximum Gasteiger partial charge on any atom is 0.246 e. The van der Waals surface area contributed by atoms with Gasteiger partial charge >= 0.3 is 0 Å². The van der Waals surface area contributed by atoms with Gasteiger partial charge in [0.15, 0.2) is 17.2 Å². The molecule has 0 aliphatic heterocycles. The van der Waals surface area contributed by atoms with Crippen molar-refractivity contribution < 1.29 is 28.8 Å². The molecular weight excluding hydrogens is 426 g/mol. The molecule has 8 nitrogen and oxygen atoms in total. The van der Waals surface area contributed by atoms with Crippen LogP contribution in [-0.2, 0) is 11.2 Å². The molecule has 3 rings (SSSR count). The lowest BCUT2D eigenvalue weighted by Gasteiger charge is -2.21. The fourth-order valence-corrected chi connectivity index (χ4v) is 4.28. The van der Waals surface area contributed by atoms with Crippen LogP contribution in [0.3, 0.4) is 0 Å². The van der Waals surface area contributed by atoms with Gasteiger partial charge in [0.25, 0.3) is 0 Å². The number of aliphatic hydroxyl groups is 1. The average molecular weight is 450 g/mol. The zero-order chi connectivity index (χ0) is 22.7. The molecule has 0 unspecified atom stereocenters. The number of halogens is 1. The monoisotopic (exact) mass is 449 g/mol. The molecule has 0 bridgehead atoms. The summed E-state index contributed by atoms with van der Waals surface area (Å²) in [6.07, 6.45) is 0.876. The third kappa shape index (κ3) is 4.00. The summed E-state index contributed by atoms with van der Waals surface area (Å²) in [6.45, 7) is -0.670. The van der Waals surface area contributed by atoms with Gasteiger partial charge in [0.05, 0.1) is 39.5 Å². The van der Waals surface area contributed by atoms with Crippen molar-refractivity contribution in [1.29, 1.82) is 0 Å². The Morgan fingerprint density at radius 3 is 2.35 bits per heavy atom. The molecule has 0 saturated carbocycles. The van der Waals surface area contributed by atoms with Crippen molar-refractivity contribution >= 4 is 17.5 Å². The normalized spacial score (nSPS) is 14.6. The molecule has 0 aromatic heterocycles. The summed E-state index contributed by atoms with van der Waals surface area (Å²) in [5.74, 6) is 0.639. The van der Waals surface area contributed by atoms with Crippen LogP contribution in [0, 0.1) is 0 Å². The summed E-state index contributed by atoms with van der Waals surface area (Å²) < 4.78 is 21.9. The Kier molecular flexibility index (Phi) is 6.92. The maximum absolute atomic E-state index is 12.7. The molecule has 1 atom stereocenters. The van der Waals surface area contributed by atoms with E-state index < -0.39 is 18.6 Å². The first-order valence-electron chi connectivity index (χ1n) is 9.54. The third-order valence-corrected chi connectivity index (χ3v) is 5.69. The Morgan fingerprint density at radius 2 is 1.77 bits per heavy atom. The Hall–Kier alpha value is -2.97. The van der Waals surface area contributed by atoms with E-state index in [0.29, 0.717) is 51.8 Å².